The number of nitrogens with two attached hydrogens (primary N) is 1. The number of methoxy groups -OCH3 is 2. The van der Waals surface area contributed by atoms with Crippen LogP contribution in [0.4, 0.5) is 5.69 Å². The third-order valence-corrected chi connectivity index (χ3v) is 8.16. The van der Waals surface area contributed by atoms with Gasteiger partial charge in [0.2, 0.25) is 0 Å². The predicted molar refractivity (Wildman–Crippen MR) is 163 cm³/mol. The Kier molecular flexibility index (Phi) is 10.4. The summed E-state index contributed by atoms with van der Waals surface area (Å²) in [6.45, 7) is 5.97. The summed E-state index contributed by atoms with van der Waals surface area (Å²) in [5, 5.41) is 0. The fraction of sp³-hybridized carbons (Fsp3) is 0.394. The Morgan fingerprint density at radius 1 is 0.951 bits per heavy atom. The summed E-state index contributed by atoms with van der Waals surface area (Å²) < 4.78 is 11.0. The minimum absolute atomic E-state index is 0.195. The van der Waals surface area contributed by atoms with Gasteiger partial charge in [0.25, 0.3) is 5.91 Å². The first-order valence-corrected chi connectivity index (χ1v) is 14.2. The van der Waals surface area contributed by atoms with Gasteiger partial charge < -0.3 is 25.0 Å². The van der Waals surface area contributed by atoms with E-state index in [4.69, 9.17) is 15.2 Å². The van der Waals surface area contributed by atoms with Crippen molar-refractivity contribution >= 4 is 17.9 Å². The molecule has 3 aromatic carbocycles. The molecule has 1 aliphatic heterocycles. The Morgan fingerprint density at radius 3 is 2.29 bits per heavy atom. The molecule has 0 spiro atoms. The summed E-state index contributed by atoms with van der Waals surface area (Å²) >= 11 is 0. The molecule has 2 N–H and O–H groups in total. The topological polar surface area (TPSA) is 88.3 Å². The van der Waals surface area contributed by atoms with Gasteiger partial charge in [-0.3, -0.25) is 14.5 Å². The monoisotopic (exact) mass is 558 g/mol. The molecule has 0 saturated carbocycles. The van der Waals surface area contributed by atoms with E-state index in [-0.39, 0.29) is 11.9 Å². The molecule has 1 amide bonds. The number of ether oxygens (including phenoxy) is 2. The van der Waals surface area contributed by atoms with Crippen molar-refractivity contribution in [3.8, 4) is 11.5 Å². The average Bonchev–Trinajstić information content (AvgIpc) is 3.04. The molecule has 8 heteroatoms. The van der Waals surface area contributed by atoms with Gasteiger partial charge in [0.1, 0.15) is 0 Å². The summed E-state index contributed by atoms with van der Waals surface area (Å²) in [5.74, 6) is 1.02. The highest BCUT2D eigenvalue weighted by Crippen LogP contribution is 2.35. The maximum Gasteiger partial charge on any atom is 0.256 e. The van der Waals surface area contributed by atoms with Crippen LogP contribution in [0.3, 0.4) is 0 Å². The molecular weight excluding hydrogens is 516 g/mol. The molecule has 1 fully saturated rings. The summed E-state index contributed by atoms with van der Waals surface area (Å²) in [6.07, 6.45) is 2.19. The molecule has 4 rings (SSSR count). The first-order valence-electron chi connectivity index (χ1n) is 14.2. The Morgan fingerprint density at radius 2 is 1.66 bits per heavy atom. The smallest absolute Gasteiger partial charge is 0.256 e. The summed E-state index contributed by atoms with van der Waals surface area (Å²) in [7, 11) is 4.99. The first-order chi connectivity index (χ1) is 19.9. The number of hydrogen-bond acceptors (Lipinski definition) is 7. The lowest BCUT2D eigenvalue weighted by Crippen LogP contribution is -2.48. The van der Waals surface area contributed by atoms with Crippen molar-refractivity contribution in [3.63, 3.8) is 0 Å². The standard InChI is InChI=1S/C33H42N4O4/c1-24(25-10-6-5-7-11-25)36-18-20-37(21-19-36)29-13-8-12-27(23-38)32(29)33(39)35(2)28(14-9-17-34)26-15-16-30(40-3)31(22-26)41-4/h5-8,10-13,15-16,22-24,28H,9,14,17-21,34H2,1-4H3/t24-,28-/m1/s1. The van der Waals surface area contributed by atoms with E-state index in [2.05, 4.69) is 41.0 Å². The number of nitrogens with zero attached hydrogens (tertiary/aromatic N) is 3. The van der Waals surface area contributed by atoms with E-state index in [0.717, 1.165) is 50.1 Å². The molecule has 3 aromatic rings. The number of rotatable bonds is 12. The molecule has 8 nitrogen and oxygen atoms in total. The number of anilines is 1. The van der Waals surface area contributed by atoms with Gasteiger partial charge in [-0.05, 0) is 55.6 Å². The van der Waals surface area contributed by atoms with Crippen LogP contribution >= 0.6 is 0 Å². The van der Waals surface area contributed by atoms with Crippen LogP contribution < -0.4 is 20.1 Å². The van der Waals surface area contributed by atoms with Gasteiger partial charge >= 0.3 is 0 Å². The van der Waals surface area contributed by atoms with Crippen LogP contribution in [0.2, 0.25) is 0 Å². The molecule has 0 unspecified atom stereocenters. The predicted octanol–water partition coefficient (Wildman–Crippen LogP) is 4.95. The first kappa shape index (κ1) is 30.1. The SMILES string of the molecule is COc1ccc([C@@H](CCCN)N(C)C(=O)c2c(C=O)cccc2N2CCN([C@H](C)c3ccccc3)CC2)cc1OC. The van der Waals surface area contributed by atoms with Crippen LogP contribution in [0, 0.1) is 0 Å². The van der Waals surface area contributed by atoms with Crippen molar-refractivity contribution in [2.75, 3.05) is 58.9 Å². The van der Waals surface area contributed by atoms with E-state index < -0.39 is 0 Å². The van der Waals surface area contributed by atoms with Crippen molar-refractivity contribution in [2.45, 2.75) is 31.8 Å². The third kappa shape index (κ3) is 6.72. The van der Waals surface area contributed by atoms with Crippen molar-refractivity contribution in [1.82, 2.24) is 9.80 Å². The highest BCUT2D eigenvalue weighted by Gasteiger charge is 2.30. The van der Waals surface area contributed by atoms with Crippen molar-refractivity contribution in [3.05, 3.63) is 89.0 Å². The Labute approximate surface area is 243 Å². The number of carbonyl (C=O) groups is 2. The van der Waals surface area contributed by atoms with Crippen LogP contribution in [-0.2, 0) is 0 Å². The maximum absolute atomic E-state index is 14.2. The molecule has 0 aromatic heterocycles. The zero-order valence-electron chi connectivity index (χ0n) is 24.6. The molecule has 1 heterocycles. The van der Waals surface area contributed by atoms with Gasteiger partial charge in [-0.15, -0.1) is 0 Å². The summed E-state index contributed by atoms with van der Waals surface area (Å²) in [4.78, 5) is 32.9. The minimum Gasteiger partial charge on any atom is -0.493 e. The molecule has 2 atom stereocenters. The molecule has 0 aliphatic carbocycles. The Balaban J connectivity index is 1.61. The van der Waals surface area contributed by atoms with Crippen molar-refractivity contribution < 1.29 is 19.1 Å². The highest BCUT2D eigenvalue weighted by atomic mass is 16.5. The second kappa shape index (κ2) is 14.1. The van der Waals surface area contributed by atoms with Gasteiger partial charge in [-0.1, -0.05) is 48.5 Å². The van der Waals surface area contributed by atoms with Gasteiger partial charge in [0.05, 0.1) is 31.5 Å². The van der Waals surface area contributed by atoms with Crippen LogP contribution in [-0.4, -0.2) is 76.0 Å². The van der Waals surface area contributed by atoms with E-state index in [1.54, 1.807) is 32.2 Å². The number of benzene rings is 3. The number of aldehydes is 1. The van der Waals surface area contributed by atoms with Crippen LogP contribution in [0.5, 0.6) is 11.5 Å². The molecule has 0 bridgehead atoms. The lowest BCUT2D eigenvalue weighted by atomic mass is 9.97. The minimum atomic E-state index is -0.262. The fourth-order valence-electron chi connectivity index (χ4n) is 5.72. The average molecular weight is 559 g/mol. The largest absolute Gasteiger partial charge is 0.493 e. The van der Waals surface area contributed by atoms with Crippen LogP contribution in [0.1, 0.15) is 63.7 Å². The summed E-state index contributed by atoms with van der Waals surface area (Å²) in [6, 6.07) is 21.8. The fourth-order valence-corrected chi connectivity index (χ4v) is 5.72. The maximum atomic E-state index is 14.2. The third-order valence-electron chi connectivity index (χ3n) is 8.16. The second-order valence-corrected chi connectivity index (χ2v) is 10.4. The molecule has 1 aliphatic rings. The second-order valence-electron chi connectivity index (χ2n) is 10.4. The number of amides is 1. The van der Waals surface area contributed by atoms with Crippen molar-refractivity contribution in [1.29, 1.82) is 0 Å². The highest BCUT2D eigenvalue weighted by molar-refractivity contribution is 6.06. The van der Waals surface area contributed by atoms with E-state index >= 15 is 0 Å². The molecule has 41 heavy (non-hydrogen) atoms. The number of carbonyl (C=O) groups excluding carboxylic acids is 2. The Hall–Kier alpha value is -3.88. The zero-order valence-corrected chi connectivity index (χ0v) is 24.6. The Bertz CT molecular complexity index is 1310. The van der Waals surface area contributed by atoms with Gasteiger partial charge in [0, 0.05) is 44.8 Å². The van der Waals surface area contributed by atoms with Crippen LogP contribution in [0.15, 0.2) is 66.7 Å². The number of hydrogen-bond donors (Lipinski definition) is 1. The van der Waals surface area contributed by atoms with Gasteiger partial charge in [-0.25, -0.2) is 0 Å². The lowest BCUT2D eigenvalue weighted by molar-refractivity contribution is 0.0718. The van der Waals surface area contributed by atoms with Crippen LogP contribution in [0.25, 0.3) is 0 Å². The van der Waals surface area contributed by atoms with E-state index in [1.165, 1.54) is 5.56 Å². The van der Waals surface area contributed by atoms with Crippen molar-refractivity contribution in [2.24, 2.45) is 5.73 Å². The number of piperazine rings is 1. The molecule has 0 radical (unpaired) electrons. The zero-order chi connectivity index (χ0) is 29.4. The molecular formula is C33H42N4O4. The summed E-state index contributed by atoms with van der Waals surface area (Å²) in [5.41, 5.74) is 9.71. The van der Waals surface area contributed by atoms with Gasteiger partial charge in [-0.2, -0.15) is 0 Å². The molecule has 218 valence electrons. The quantitative estimate of drug-likeness (QED) is 0.315. The normalized spacial score (nSPS) is 15.2. The van der Waals surface area contributed by atoms with Gasteiger partial charge in [0.15, 0.2) is 17.8 Å². The molecule has 1 saturated heterocycles. The van der Waals surface area contributed by atoms with E-state index in [9.17, 15) is 9.59 Å². The lowest BCUT2D eigenvalue weighted by Gasteiger charge is -2.40. The van der Waals surface area contributed by atoms with E-state index in [1.807, 2.05) is 36.4 Å². The van der Waals surface area contributed by atoms with E-state index in [0.29, 0.717) is 41.6 Å².